The van der Waals surface area contributed by atoms with E-state index in [9.17, 15) is 14.7 Å². The number of carboxylic acid groups (broad SMARTS) is 1. The third-order valence-corrected chi connectivity index (χ3v) is 3.45. The normalized spacial score (nSPS) is 20.5. The summed E-state index contributed by atoms with van der Waals surface area (Å²) in [6, 6.07) is 4.64. The first-order valence-electron chi connectivity index (χ1n) is 6.81. The molecule has 0 fully saturated rings. The van der Waals surface area contributed by atoms with Gasteiger partial charge in [0.25, 0.3) is 0 Å². The number of ether oxygens (including phenoxy) is 2. The summed E-state index contributed by atoms with van der Waals surface area (Å²) in [4.78, 5) is 23.9. The number of fused-ring (bicyclic) bond motifs is 1. The largest absolute Gasteiger partial charge is 0.493 e. The molecule has 1 aromatic carbocycles. The van der Waals surface area contributed by atoms with Crippen molar-refractivity contribution in [3.05, 3.63) is 28.8 Å². The van der Waals surface area contributed by atoms with Crippen LogP contribution >= 0.6 is 11.6 Å². The molecule has 120 valence electrons. The van der Waals surface area contributed by atoms with Crippen LogP contribution in [-0.2, 0) is 15.1 Å². The molecular formula is C15H18ClNO5. The number of nitrogens with one attached hydrogen (secondary N) is 1. The Morgan fingerprint density at radius 3 is 2.68 bits per heavy atom. The van der Waals surface area contributed by atoms with Gasteiger partial charge in [-0.25, -0.2) is 9.59 Å². The van der Waals surface area contributed by atoms with Crippen LogP contribution in [0.3, 0.4) is 0 Å². The van der Waals surface area contributed by atoms with Crippen molar-refractivity contribution in [2.45, 2.75) is 38.3 Å². The SMILES string of the molecule is CC(C)(C)OC(=O)NC1(C(=O)O)CCOc2cc(Cl)ccc21. The van der Waals surface area contributed by atoms with Crippen molar-refractivity contribution in [1.82, 2.24) is 5.32 Å². The molecule has 0 aromatic heterocycles. The van der Waals surface area contributed by atoms with Crippen LogP contribution in [0.2, 0.25) is 5.02 Å². The average Bonchev–Trinajstić information content (AvgIpc) is 2.35. The Morgan fingerprint density at radius 2 is 2.09 bits per heavy atom. The van der Waals surface area contributed by atoms with Crippen molar-refractivity contribution in [2.75, 3.05) is 6.61 Å². The monoisotopic (exact) mass is 327 g/mol. The molecule has 1 unspecified atom stereocenters. The van der Waals surface area contributed by atoms with Gasteiger partial charge in [-0.1, -0.05) is 17.7 Å². The second-order valence-corrected chi connectivity index (χ2v) is 6.51. The van der Waals surface area contributed by atoms with E-state index in [0.717, 1.165) is 0 Å². The second-order valence-electron chi connectivity index (χ2n) is 6.08. The van der Waals surface area contributed by atoms with Crippen LogP contribution in [-0.4, -0.2) is 29.4 Å². The third-order valence-electron chi connectivity index (χ3n) is 3.22. The summed E-state index contributed by atoms with van der Waals surface area (Å²) in [5, 5.41) is 12.6. The molecule has 0 saturated heterocycles. The van der Waals surface area contributed by atoms with E-state index in [2.05, 4.69) is 5.32 Å². The zero-order valence-corrected chi connectivity index (χ0v) is 13.4. The Bertz CT molecular complexity index is 610. The summed E-state index contributed by atoms with van der Waals surface area (Å²) >= 11 is 5.90. The lowest BCUT2D eigenvalue weighted by Gasteiger charge is -2.36. The Labute approximate surface area is 133 Å². The molecule has 0 radical (unpaired) electrons. The summed E-state index contributed by atoms with van der Waals surface area (Å²) in [5.41, 5.74) is -1.97. The number of alkyl carbamates (subject to hydrolysis) is 1. The van der Waals surface area contributed by atoms with Crippen LogP contribution in [0, 0.1) is 0 Å². The summed E-state index contributed by atoms with van der Waals surface area (Å²) in [7, 11) is 0. The highest BCUT2D eigenvalue weighted by Gasteiger charge is 2.47. The van der Waals surface area contributed by atoms with E-state index < -0.39 is 23.2 Å². The van der Waals surface area contributed by atoms with Crippen LogP contribution in [0.5, 0.6) is 5.75 Å². The summed E-state index contributed by atoms with van der Waals surface area (Å²) in [6.07, 6.45) is -0.700. The Morgan fingerprint density at radius 1 is 1.41 bits per heavy atom. The number of carboxylic acids is 1. The maximum Gasteiger partial charge on any atom is 0.408 e. The number of rotatable bonds is 2. The molecule has 2 rings (SSSR count). The Balaban J connectivity index is 2.39. The number of hydrogen-bond acceptors (Lipinski definition) is 4. The lowest BCUT2D eigenvalue weighted by atomic mass is 9.84. The van der Waals surface area contributed by atoms with E-state index in [1.165, 1.54) is 6.07 Å². The molecule has 1 aromatic rings. The molecule has 1 heterocycles. The molecule has 2 N–H and O–H groups in total. The van der Waals surface area contributed by atoms with E-state index in [0.29, 0.717) is 16.3 Å². The summed E-state index contributed by atoms with van der Waals surface area (Å²) < 4.78 is 10.6. The molecule has 0 saturated carbocycles. The molecule has 0 bridgehead atoms. The minimum absolute atomic E-state index is 0.0935. The van der Waals surface area contributed by atoms with E-state index >= 15 is 0 Å². The van der Waals surface area contributed by atoms with Crippen LogP contribution < -0.4 is 10.1 Å². The molecule has 7 heteroatoms. The van der Waals surface area contributed by atoms with Gasteiger partial charge in [0.2, 0.25) is 0 Å². The molecule has 6 nitrogen and oxygen atoms in total. The van der Waals surface area contributed by atoms with E-state index in [4.69, 9.17) is 21.1 Å². The van der Waals surface area contributed by atoms with Crippen LogP contribution in [0.25, 0.3) is 0 Å². The van der Waals surface area contributed by atoms with Crippen molar-refractivity contribution < 1.29 is 24.2 Å². The maximum atomic E-state index is 12.0. The zero-order valence-electron chi connectivity index (χ0n) is 12.6. The predicted octanol–water partition coefficient (Wildman–Crippen LogP) is 2.93. The molecule has 1 atom stereocenters. The fourth-order valence-electron chi connectivity index (χ4n) is 2.30. The lowest BCUT2D eigenvalue weighted by molar-refractivity contribution is -0.146. The number of hydrogen-bond donors (Lipinski definition) is 2. The summed E-state index contributed by atoms with van der Waals surface area (Å²) in [5.74, 6) is -0.831. The zero-order chi connectivity index (χ0) is 16.5. The van der Waals surface area contributed by atoms with Gasteiger partial charge in [-0.3, -0.25) is 0 Å². The Kier molecular flexibility index (Phi) is 4.24. The van der Waals surface area contributed by atoms with Crippen molar-refractivity contribution in [2.24, 2.45) is 0 Å². The van der Waals surface area contributed by atoms with Crippen molar-refractivity contribution in [1.29, 1.82) is 0 Å². The van der Waals surface area contributed by atoms with Gasteiger partial charge in [0.15, 0.2) is 5.54 Å². The molecule has 0 aliphatic carbocycles. The number of carbonyl (C=O) groups excluding carboxylic acids is 1. The minimum atomic E-state index is -1.60. The highest BCUT2D eigenvalue weighted by molar-refractivity contribution is 6.30. The first-order chi connectivity index (χ1) is 10.1. The van der Waals surface area contributed by atoms with Gasteiger partial charge in [-0.2, -0.15) is 0 Å². The quantitative estimate of drug-likeness (QED) is 0.872. The van der Waals surface area contributed by atoms with Gasteiger partial charge in [0, 0.05) is 17.0 Å². The first kappa shape index (κ1) is 16.4. The number of halogens is 1. The second kappa shape index (κ2) is 5.68. The van der Waals surface area contributed by atoms with E-state index in [1.54, 1.807) is 32.9 Å². The van der Waals surface area contributed by atoms with Crippen LogP contribution in [0.15, 0.2) is 18.2 Å². The van der Waals surface area contributed by atoms with E-state index in [1.807, 2.05) is 0 Å². The van der Waals surface area contributed by atoms with Gasteiger partial charge < -0.3 is 19.9 Å². The number of aliphatic carboxylic acids is 1. The number of carbonyl (C=O) groups is 2. The predicted molar refractivity (Wildman–Crippen MR) is 80.2 cm³/mol. The highest BCUT2D eigenvalue weighted by atomic mass is 35.5. The summed E-state index contributed by atoms with van der Waals surface area (Å²) in [6.45, 7) is 5.27. The third kappa shape index (κ3) is 3.27. The topological polar surface area (TPSA) is 84.9 Å². The van der Waals surface area contributed by atoms with Crippen molar-refractivity contribution >= 4 is 23.7 Å². The minimum Gasteiger partial charge on any atom is -0.493 e. The molecule has 22 heavy (non-hydrogen) atoms. The lowest BCUT2D eigenvalue weighted by Crippen LogP contribution is -2.55. The fraction of sp³-hybridized carbons (Fsp3) is 0.467. The molecule has 0 spiro atoms. The first-order valence-corrected chi connectivity index (χ1v) is 7.19. The highest BCUT2D eigenvalue weighted by Crippen LogP contribution is 2.39. The molecule has 1 aliphatic rings. The smallest absolute Gasteiger partial charge is 0.408 e. The molecule has 1 amide bonds. The van der Waals surface area contributed by atoms with Gasteiger partial charge in [0.1, 0.15) is 11.4 Å². The number of amides is 1. The number of benzene rings is 1. The van der Waals surface area contributed by atoms with Crippen molar-refractivity contribution in [3.63, 3.8) is 0 Å². The molecule has 1 aliphatic heterocycles. The Hall–Kier alpha value is -1.95. The molecular weight excluding hydrogens is 310 g/mol. The van der Waals surface area contributed by atoms with Gasteiger partial charge in [0.05, 0.1) is 6.61 Å². The van der Waals surface area contributed by atoms with Crippen LogP contribution in [0.1, 0.15) is 32.8 Å². The fourth-order valence-corrected chi connectivity index (χ4v) is 2.46. The van der Waals surface area contributed by atoms with E-state index in [-0.39, 0.29) is 13.0 Å². The average molecular weight is 328 g/mol. The maximum absolute atomic E-state index is 12.0. The van der Waals surface area contributed by atoms with Gasteiger partial charge in [-0.15, -0.1) is 0 Å². The standard InChI is InChI=1S/C15H18ClNO5/c1-14(2,3)22-13(20)17-15(12(18)19)6-7-21-11-8-9(16)4-5-10(11)15/h4-5,8H,6-7H2,1-3H3,(H,17,20)(H,18,19). The van der Waals surface area contributed by atoms with Crippen molar-refractivity contribution in [3.8, 4) is 5.75 Å². The van der Waals surface area contributed by atoms with Crippen LogP contribution in [0.4, 0.5) is 4.79 Å². The van der Waals surface area contributed by atoms with Gasteiger partial charge in [-0.05, 0) is 32.9 Å². The van der Waals surface area contributed by atoms with Gasteiger partial charge >= 0.3 is 12.1 Å².